The van der Waals surface area contributed by atoms with Crippen LogP contribution in [0.1, 0.15) is 71.0 Å². The van der Waals surface area contributed by atoms with Gasteiger partial charge in [-0.2, -0.15) is 13.2 Å². The Labute approximate surface area is 228 Å². The van der Waals surface area contributed by atoms with Crippen LogP contribution in [0.4, 0.5) is 13.2 Å². The molecule has 2 aromatic heterocycles. The van der Waals surface area contributed by atoms with Gasteiger partial charge in [0.2, 0.25) is 0 Å². The van der Waals surface area contributed by atoms with Crippen LogP contribution >= 0.6 is 0 Å². The third-order valence-corrected chi connectivity index (χ3v) is 7.00. The Bertz CT molecular complexity index is 1560. The summed E-state index contributed by atoms with van der Waals surface area (Å²) in [6, 6.07) is 15.2. The molecule has 1 atom stereocenters. The van der Waals surface area contributed by atoms with Gasteiger partial charge in [-0.1, -0.05) is 30.3 Å². The van der Waals surface area contributed by atoms with Crippen molar-refractivity contribution < 1.29 is 27.9 Å². The number of carbonyl (C=O) groups excluding carboxylic acids is 1. The first-order valence-electron chi connectivity index (χ1n) is 13.1. The third-order valence-electron chi connectivity index (χ3n) is 7.00. The van der Waals surface area contributed by atoms with E-state index in [0.717, 1.165) is 17.8 Å². The molecular weight excluding hydrogens is 521 g/mol. The molecule has 1 aliphatic rings. The van der Waals surface area contributed by atoms with E-state index in [0.29, 0.717) is 77.8 Å². The first-order valence-corrected chi connectivity index (χ1v) is 13.1. The summed E-state index contributed by atoms with van der Waals surface area (Å²) in [6.07, 6.45) is -0.239. The monoisotopic (exact) mass is 548 g/mol. The van der Waals surface area contributed by atoms with Crippen molar-refractivity contribution >= 4 is 22.9 Å². The van der Waals surface area contributed by atoms with E-state index < -0.39 is 23.8 Å². The molecule has 1 amide bonds. The van der Waals surface area contributed by atoms with Crippen molar-refractivity contribution in [1.29, 1.82) is 0 Å². The fourth-order valence-corrected chi connectivity index (χ4v) is 5.01. The fraction of sp³-hybridized carbons (Fsp3) is 0.300. The van der Waals surface area contributed by atoms with Crippen LogP contribution in [-0.2, 0) is 23.8 Å². The summed E-state index contributed by atoms with van der Waals surface area (Å²) in [4.78, 5) is 37.8. The Kier molecular flexibility index (Phi) is 7.77. The number of pyridine rings is 1. The van der Waals surface area contributed by atoms with E-state index in [1.54, 1.807) is 18.2 Å². The fourth-order valence-electron chi connectivity index (χ4n) is 5.01. The van der Waals surface area contributed by atoms with Crippen LogP contribution in [-0.4, -0.2) is 31.9 Å². The normalized spacial score (nSPS) is 15.0. The number of carboxylic acid groups (broad SMARTS) is 1. The number of carboxylic acids is 1. The number of hydrogen-bond donors (Lipinski definition) is 2. The van der Waals surface area contributed by atoms with Gasteiger partial charge in [-0.3, -0.25) is 14.6 Å². The molecule has 4 aromatic rings. The number of nitrogens with zero attached hydrogens (tertiary/aromatic N) is 3. The van der Waals surface area contributed by atoms with Crippen molar-refractivity contribution in [2.24, 2.45) is 0 Å². The van der Waals surface area contributed by atoms with Crippen LogP contribution < -0.4 is 5.32 Å². The van der Waals surface area contributed by atoms with E-state index in [1.165, 1.54) is 0 Å². The molecular formula is C30H27F3N4O3. The topological polar surface area (TPSA) is 105 Å². The number of unbranched alkanes of at least 4 members (excludes halogenated alkanes) is 1. The zero-order chi connectivity index (χ0) is 28.3. The molecule has 10 heteroatoms. The van der Waals surface area contributed by atoms with Crippen LogP contribution in [0, 0.1) is 0 Å². The quantitative estimate of drug-likeness (QED) is 0.250. The van der Waals surface area contributed by atoms with Crippen molar-refractivity contribution in [1.82, 2.24) is 20.3 Å². The predicted octanol–water partition coefficient (Wildman–Crippen LogP) is 6.32. The van der Waals surface area contributed by atoms with Crippen molar-refractivity contribution in [3.05, 3.63) is 88.9 Å². The van der Waals surface area contributed by atoms with Gasteiger partial charge < -0.3 is 10.4 Å². The summed E-state index contributed by atoms with van der Waals surface area (Å²) in [5, 5.41) is 11.9. The van der Waals surface area contributed by atoms with Gasteiger partial charge in [0.1, 0.15) is 0 Å². The number of halogens is 3. The largest absolute Gasteiger partial charge is 0.481 e. The molecule has 0 spiro atoms. The Morgan fingerprint density at radius 3 is 2.55 bits per heavy atom. The average Bonchev–Trinajstić information content (AvgIpc) is 2.94. The minimum atomic E-state index is -4.47. The van der Waals surface area contributed by atoms with E-state index in [4.69, 9.17) is 15.1 Å². The molecule has 0 radical (unpaired) electrons. The number of nitrogens with one attached hydrogen (secondary N) is 1. The number of alkyl halides is 3. The zero-order valence-electron chi connectivity index (χ0n) is 21.5. The van der Waals surface area contributed by atoms with Crippen LogP contribution in [0.2, 0.25) is 0 Å². The van der Waals surface area contributed by atoms with Crippen molar-refractivity contribution in [2.75, 3.05) is 0 Å². The number of fused-ring (bicyclic) bond motifs is 2. The van der Waals surface area contributed by atoms with Gasteiger partial charge in [-0.05, 0) is 68.4 Å². The Hall–Kier alpha value is -4.34. The molecule has 40 heavy (non-hydrogen) atoms. The predicted molar refractivity (Wildman–Crippen MR) is 143 cm³/mol. The highest BCUT2D eigenvalue weighted by Gasteiger charge is 2.33. The summed E-state index contributed by atoms with van der Waals surface area (Å²) in [7, 11) is 0. The van der Waals surface area contributed by atoms with Gasteiger partial charge >= 0.3 is 12.1 Å². The number of aromatic nitrogens is 3. The Morgan fingerprint density at radius 2 is 1.80 bits per heavy atom. The van der Waals surface area contributed by atoms with Gasteiger partial charge in [-0.15, -0.1) is 0 Å². The molecule has 0 fully saturated rings. The number of hydrogen-bond acceptors (Lipinski definition) is 5. The Morgan fingerprint density at radius 1 is 1.00 bits per heavy atom. The number of rotatable bonds is 8. The van der Waals surface area contributed by atoms with E-state index in [2.05, 4.69) is 10.3 Å². The Balaban J connectivity index is 1.41. The van der Waals surface area contributed by atoms with E-state index >= 15 is 0 Å². The van der Waals surface area contributed by atoms with Gasteiger partial charge in [0.25, 0.3) is 5.91 Å². The van der Waals surface area contributed by atoms with Crippen LogP contribution in [0.15, 0.2) is 60.8 Å². The highest BCUT2D eigenvalue weighted by atomic mass is 19.4. The lowest BCUT2D eigenvalue weighted by atomic mass is 9.90. The average molecular weight is 549 g/mol. The number of carbonyl (C=O) groups is 2. The van der Waals surface area contributed by atoms with Gasteiger partial charge in [-0.25, -0.2) is 9.97 Å². The lowest BCUT2D eigenvalue weighted by Gasteiger charge is -2.26. The zero-order valence-corrected chi connectivity index (χ0v) is 21.5. The molecule has 1 unspecified atom stereocenters. The van der Waals surface area contributed by atoms with Gasteiger partial charge in [0.05, 0.1) is 39.7 Å². The minimum absolute atomic E-state index is 0.0721. The molecule has 2 N–H and O–H groups in total. The van der Waals surface area contributed by atoms with E-state index in [-0.39, 0.29) is 12.3 Å². The lowest BCUT2D eigenvalue weighted by Crippen LogP contribution is -2.32. The third kappa shape index (κ3) is 6.11. The van der Waals surface area contributed by atoms with Gasteiger partial charge in [0, 0.05) is 23.7 Å². The maximum Gasteiger partial charge on any atom is 0.417 e. The standard InChI is InChI=1S/C30H27F3N4O3/c31-30(32,33)21-15-19-9-6-11-23(27(19)34-17-21)37-29(40)20-13-14-22-25(16-20)35-24(10-4-5-12-26(38)39)28(36-22)18-7-2-1-3-8-18/h1-3,7-8,13-17,23H,4-6,9-12H2,(H,37,40)(H,38,39). The number of aliphatic carboxylic acids is 1. The summed E-state index contributed by atoms with van der Waals surface area (Å²) in [5.74, 6) is -1.22. The lowest BCUT2D eigenvalue weighted by molar-refractivity contribution is -0.138. The van der Waals surface area contributed by atoms with Crippen LogP contribution in [0.3, 0.4) is 0 Å². The summed E-state index contributed by atoms with van der Waals surface area (Å²) >= 11 is 0. The number of benzene rings is 2. The summed E-state index contributed by atoms with van der Waals surface area (Å²) in [6.45, 7) is 0. The second-order valence-corrected chi connectivity index (χ2v) is 9.87. The van der Waals surface area contributed by atoms with E-state index in [1.807, 2.05) is 30.3 Å². The molecule has 206 valence electrons. The molecule has 0 saturated heterocycles. The van der Waals surface area contributed by atoms with Crippen molar-refractivity contribution in [3.63, 3.8) is 0 Å². The highest BCUT2D eigenvalue weighted by Crippen LogP contribution is 2.34. The number of aryl methyl sites for hydroxylation is 2. The van der Waals surface area contributed by atoms with Crippen molar-refractivity contribution in [3.8, 4) is 11.3 Å². The molecule has 0 saturated carbocycles. The first-order chi connectivity index (χ1) is 19.2. The molecule has 2 heterocycles. The minimum Gasteiger partial charge on any atom is -0.481 e. The molecule has 2 aromatic carbocycles. The second-order valence-electron chi connectivity index (χ2n) is 9.87. The van der Waals surface area contributed by atoms with E-state index in [9.17, 15) is 22.8 Å². The highest BCUT2D eigenvalue weighted by molar-refractivity contribution is 5.97. The molecule has 0 aliphatic heterocycles. The van der Waals surface area contributed by atoms with Crippen LogP contribution in [0.5, 0.6) is 0 Å². The first kappa shape index (κ1) is 27.2. The summed E-state index contributed by atoms with van der Waals surface area (Å²) in [5.41, 5.74) is 3.97. The summed E-state index contributed by atoms with van der Waals surface area (Å²) < 4.78 is 39.4. The maximum absolute atomic E-state index is 13.2. The molecule has 5 rings (SSSR count). The van der Waals surface area contributed by atoms with Gasteiger partial charge in [0.15, 0.2) is 0 Å². The molecule has 0 bridgehead atoms. The SMILES string of the molecule is O=C(O)CCCCc1nc2cc(C(=O)NC3CCCc4cc(C(F)(F)F)cnc43)ccc2nc1-c1ccccc1. The van der Waals surface area contributed by atoms with Crippen molar-refractivity contribution in [2.45, 2.75) is 57.2 Å². The second kappa shape index (κ2) is 11.4. The maximum atomic E-state index is 13.2. The molecule has 7 nitrogen and oxygen atoms in total. The smallest absolute Gasteiger partial charge is 0.417 e. The van der Waals surface area contributed by atoms with Crippen LogP contribution in [0.25, 0.3) is 22.3 Å². The number of amides is 1. The molecule has 1 aliphatic carbocycles.